The molecule has 2 aromatic carbocycles. The standard InChI is InChI=1S/C22H21N3O2/c26-12-14-27-13-11-16-5-9-19(10-6-16)24-22-23-15-18-8-7-17-3-1-2-4-20(17)21(18)25-22/h1-6,9-10,12,15H,7-8,11,13-14H2,(H,23,24,25). The molecule has 1 aromatic heterocycles. The lowest BCUT2D eigenvalue weighted by atomic mass is 9.90. The van der Waals surface area contributed by atoms with Crippen LogP contribution in [0, 0.1) is 0 Å². The van der Waals surface area contributed by atoms with Crippen molar-refractivity contribution in [3.63, 3.8) is 0 Å². The van der Waals surface area contributed by atoms with Crippen molar-refractivity contribution in [1.82, 2.24) is 9.97 Å². The van der Waals surface area contributed by atoms with Crippen molar-refractivity contribution in [3.05, 3.63) is 71.4 Å². The lowest BCUT2D eigenvalue weighted by Gasteiger charge is -2.19. The molecule has 0 amide bonds. The molecule has 0 atom stereocenters. The Morgan fingerprint density at radius 3 is 2.70 bits per heavy atom. The normalized spacial score (nSPS) is 12.1. The van der Waals surface area contributed by atoms with Crippen LogP contribution in [0.2, 0.25) is 0 Å². The Kier molecular flexibility index (Phi) is 5.21. The lowest BCUT2D eigenvalue weighted by Crippen LogP contribution is -2.08. The van der Waals surface area contributed by atoms with Crippen molar-refractivity contribution in [2.45, 2.75) is 19.3 Å². The minimum atomic E-state index is 0.151. The predicted octanol–water partition coefficient (Wildman–Crippen LogP) is 3.74. The summed E-state index contributed by atoms with van der Waals surface area (Å²) in [6, 6.07) is 16.5. The molecular weight excluding hydrogens is 338 g/mol. The molecule has 0 saturated heterocycles. The topological polar surface area (TPSA) is 64.1 Å². The number of hydrogen-bond acceptors (Lipinski definition) is 5. The molecule has 0 aliphatic heterocycles. The summed E-state index contributed by atoms with van der Waals surface area (Å²) in [5.41, 5.74) is 6.87. The van der Waals surface area contributed by atoms with Gasteiger partial charge in [-0.25, -0.2) is 9.97 Å². The number of carbonyl (C=O) groups excluding carboxylic acids is 1. The van der Waals surface area contributed by atoms with Crippen LogP contribution in [-0.4, -0.2) is 29.5 Å². The van der Waals surface area contributed by atoms with Crippen LogP contribution in [0.4, 0.5) is 11.6 Å². The van der Waals surface area contributed by atoms with Gasteiger partial charge in [-0.15, -0.1) is 0 Å². The fourth-order valence-electron chi connectivity index (χ4n) is 3.33. The van der Waals surface area contributed by atoms with Crippen LogP contribution in [-0.2, 0) is 28.8 Å². The van der Waals surface area contributed by atoms with Gasteiger partial charge < -0.3 is 14.8 Å². The van der Waals surface area contributed by atoms with Gasteiger partial charge in [0.1, 0.15) is 12.9 Å². The van der Waals surface area contributed by atoms with Crippen molar-refractivity contribution >= 4 is 17.9 Å². The van der Waals surface area contributed by atoms with Gasteiger partial charge in [0, 0.05) is 17.4 Å². The third kappa shape index (κ3) is 4.04. The molecule has 0 fully saturated rings. The highest BCUT2D eigenvalue weighted by molar-refractivity contribution is 5.70. The highest BCUT2D eigenvalue weighted by atomic mass is 16.5. The molecule has 1 heterocycles. The van der Waals surface area contributed by atoms with E-state index in [1.165, 1.54) is 16.7 Å². The van der Waals surface area contributed by atoms with E-state index in [2.05, 4.69) is 34.6 Å². The molecule has 0 radical (unpaired) electrons. The number of carbonyl (C=O) groups is 1. The van der Waals surface area contributed by atoms with E-state index in [-0.39, 0.29) is 6.61 Å². The first-order valence-corrected chi connectivity index (χ1v) is 9.15. The monoisotopic (exact) mass is 359 g/mol. The Hall–Kier alpha value is -3.05. The summed E-state index contributed by atoms with van der Waals surface area (Å²) >= 11 is 0. The summed E-state index contributed by atoms with van der Waals surface area (Å²) in [6.45, 7) is 0.692. The van der Waals surface area contributed by atoms with Crippen LogP contribution in [0.15, 0.2) is 54.7 Å². The van der Waals surface area contributed by atoms with Gasteiger partial charge >= 0.3 is 0 Å². The second-order valence-electron chi connectivity index (χ2n) is 6.54. The van der Waals surface area contributed by atoms with E-state index in [9.17, 15) is 4.79 Å². The number of aromatic nitrogens is 2. The van der Waals surface area contributed by atoms with Crippen LogP contribution in [0.1, 0.15) is 16.7 Å². The number of benzene rings is 2. The average Bonchev–Trinajstić information content (AvgIpc) is 2.72. The van der Waals surface area contributed by atoms with Crippen LogP contribution in [0.3, 0.4) is 0 Å². The Morgan fingerprint density at radius 1 is 1.04 bits per heavy atom. The Bertz CT molecular complexity index is 939. The molecule has 4 rings (SSSR count). The van der Waals surface area contributed by atoms with Crippen LogP contribution < -0.4 is 5.32 Å². The summed E-state index contributed by atoms with van der Waals surface area (Å²) in [7, 11) is 0. The van der Waals surface area contributed by atoms with Crippen molar-refractivity contribution in [2.75, 3.05) is 18.5 Å². The van der Waals surface area contributed by atoms with Crippen LogP contribution in [0.5, 0.6) is 0 Å². The van der Waals surface area contributed by atoms with Gasteiger partial charge in [-0.1, -0.05) is 36.4 Å². The smallest absolute Gasteiger partial charge is 0.227 e. The predicted molar refractivity (Wildman–Crippen MR) is 105 cm³/mol. The highest BCUT2D eigenvalue weighted by Gasteiger charge is 2.18. The quantitative estimate of drug-likeness (QED) is 0.514. The number of ether oxygens (including phenoxy) is 1. The maximum absolute atomic E-state index is 10.2. The molecule has 1 aliphatic rings. The molecule has 136 valence electrons. The molecule has 3 aromatic rings. The minimum absolute atomic E-state index is 0.151. The first-order valence-electron chi connectivity index (χ1n) is 9.15. The molecule has 0 saturated carbocycles. The summed E-state index contributed by atoms with van der Waals surface area (Å²) in [4.78, 5) is 19.5. The largest absolute Gasteiger partial charge is 0.374 e. The van der Waals surface area contributed by atoms with Gasteiger partial charge in [-0.2, -0.15) is 0 Å². The first kappa shape index (κ1) is 17.4. The van der Waals surface area contributed by atoms with Crippen molar-refractivity contribution in [1.29, 1.82) is 0 Å². The number of aldehydes is 1. The number of aryl methyl sites for hydroxylation is 2. The number of nitrogens with one attached hydrogen (secondary N) is 1. The zero-order chi connectivity index (χ0) is 18.5. The Balaban J connectivity index is 1.47. The van der Waals surface area contributed by atoms with Crippen LogP contribution in [0.25, 0.3) is 11.3 Å². The maximum atomic E-state index is 10.2. The van der Waals surface area contributed by atoms with Crippen molar-refractivity contribution in [2.24, 2.45) is 0 Å². The van der Waals surface area contributed by atoms with Gasteiger partial charge in [0.15, 0.2) is 0 Å². The van der Waals surface area contributed by atoms with Gasteiger partial charge in [-0.3, -0.25) is 0 Å². The molecule has 0 bridgehead atoms. The number of fused-ring (bicyclic) bond motifs is 3. The number of hydrogen-bond donors (Lipinski definition) is 1. The molecule has 1 aliphatic carbocycles. The summed E-state index contributed by atoms with van der Waals surface area (Å²) in [5.74, 6) is 0.604. The third-order valence-corrected chi connectivity index (χ3v) is 4.73. The van der Waals surface area contributed by atoms with E-state index < -0.39 is 0 Å². The second-order valence-corrected chi connectivity index (χ2v) is 6.54. The molecule has 5 nitrogen and oxygen atoms in total. The minimum Gasteiger partial charge on any atom is -0.374 e. The molecular formula is C22H21N3O2. The van der Waals surface area contributed by atoms with E-state index >= 15 is 0 Å². The fraction of sp³-hybridized carbons (Fsp3) is 0.227. The van der Waals surface area contributed by atoms with Gasteiger partial charge in [-0.05, 0) is 48.1 Å². The van der Waals surface area contributed by atoms with Gasteiger partial charge in [0.05, 0.1) is 12.3 Å². The van der Waals surface area contributed by atoms with E-state index in [4.69, 9.17) is 9.72 Å². The molecule has 0 spiro atoms. The summed E-state index contributed by atoms with van der Waals surface area (Å²) in [6.07, 6.45) is 5.49. The lowest BCUT2D eigenvalue weighted by molar-refractivity contribution is -0.111. The van der Waals surface area contributed by atoms with E-state index in [1.807, 2.05) is 30.5 Å². The maximum Gasteiger partial charge on any atom is 0.227 e. The second kappa shape index (κ2) is 8.10. The zero-order valence-electron chi connectivity index (χ0n) is 15.0. The number of nitrogens with zero attached hydrogens (tertiary/aromatic N) is 2. The number of rotatable bonds is 7. The summed E-state index contributed by atoms with van der Waals surface area (Å²) < 4.78 is 5.19. The van der Waals surface area contributed by atoms with Gasteiger partial charge in [0.25, 0.3) is 0 Å². The SMILES string of the molecule is O=CCOCCc1ccc(Nc2ncc3c(n2)-c2ccccc2CC3)cc1. The first-order chi connectivity index (χ1) is 13.3. The summed E-state index contributed by atoms with van der Waals surface area (Å²) in [5, 5.41) is 3.29. The molecule has 0 unspecified atom stereocenters. The van der Waals surface area contributed by atoms with E-state index in [0.29, 0.717) is 12.6 Å². The van der Waals surface area contributed by atoms with Gasteiger partial charge in [0.2, 0.25) is 5.95 Å². The average molecular weight is 359 g/mol. The molecule has 27 heavy (non-hydrogen) atoms. The molecule has 1 N–H and O–H groups in total. The Morgan fingerprint density at radius 2 is 1.85 bits per heavy atom. The van der Waals surface area contributed by atoms with E-state index in [0.717, 1.165) is 42.5 Å². The number of anilines is 2. The zero-order valence-corrected chi connectivity index (χ0v) is 15.0. The van der Waals surface area contributed by atoms with Crippen molar-refractivity contribution < 1.29 is 9.53 Å². The van der Waals surface area contributed by atoms with E-state index in [1.54, 1.807) is 0 Å². The van der Waals surface area contributed by atoms with Crippen molar-refractivity contribution in [3.8, 4) is 11.3 Å². The third-order valence-electron chi connectivity index (χ3n) is 4.73. The molecule has 5 heteroatoms. The fourth-order valence-corrected chi connectivity index (χ4v) is 3.33. The Labute approximate surface area is 158 Å². The van der Waals surface area contributed by atoms with Crippen LogP contribution >= 0.6 is 0 Å². The highest BCUT2D eigenvalue weighted by Crippen LogP contribution is 2.32.